The highest BCUT2D eigenvalue weighted by atomic mass is 32.1. The Morgan fingerprint density at radius 3 is 2.41 bits per heavy atom. The van der Waals surface area contributed by atoms with Crippen molar-refractivity contribution in [1.82, 2.24) is 4.98 Å². The normalized spacial score (nSPS) is 26.4. The van der Waals surface area contributed by atoms with E-state index < -0.39 is 5.60 Å². The highest BCUT2D eigenvalue weighted by Crippen LogP contribution is 2.51. The van der Waals surface area contributed by atoms with Gasteiger partial charge < -0.3 is 5.11 Å². The first-order valence-corrected chi connectivity index (χ1v) is 7.69. The van der Waals surface area contributed by atoms with Crippen LogP contribution in [-0.4, -0.2) is 15.7 Å². The molecule has 2 saturated carbocycles. The van der Waals surface area contributed by atoms with Crippen LogP contribution < -0.4 is 0 Å². The molecule has 0 saturated heterocycles. The summed E-state index contributed by atoms with van der Waals surface area (Å²) in [5.74, 6) is 0. The van der Waals surface area contributed by atoms with Crippen LogP contribution in [0.1, 0.15) is 56.4 Å². The first-order chi connectivity index (χ1) is 8.20. The monoisotopic (exact) mass is 251 g/mol. The van der Waals surface area contributed by atoms with Crippen LogP contribution in [-0.2, 0) is 6.42 Å². The van der Waals surface area contributed by atoms with Gasteiger partial charge in [-0.05, 0) is 43.9 Å². The van der Waals surface area contributed by atoms with E-state index >= 15 is 0 Å². The van der Waals surface area contributed by atoms with E-state index in [2.05, 4.69) is 4.98 Å². The smallest absolute Gasteiger partial charge is 0.0953 e. The van der Waals surface area contributed by atoms with E-state index in [4.69, 9.17) is 0 Å². The number of aliphatic hydroxyl groups is 1. The zero-order valence-corrected chi connectivity index (χ0v) is 11.1. The second-order valence-electron chi connectivity index (χ2n) is 6.03. The number of rotatable bonds is 2. The topological polar surface area (TPSA) is 33.1 Å². The summed E-state index contributed by atoms with van der Waals surface area (Å²) in [6, 6.07) is 0. The van der Waals surface area contributed by atoms with Gasteiger partial charge in [0.25, 0.3) is 0 Å². The fourth-order valence-electron chi connectivity index (χ4n) is 3.67. The van der Waals surface area contributed by atoms with Gasteiger partial charge in [0, 0.05) is 18.0 Å². The maximum absolute atomic E-state index is 10.7. The second kappa shape index (κ2) is 4.36. The number of nitrogens with zero attached hydrogens (tertiary/aromatic N) is 1. The summed E-state index contributed by atoms with van der Waals surface area (Å²) in [5.41, 5.74) is 0.140. The van der Waals surface area contributed by atoms with Gasteiger partial charge in [-0.15, -0.1) is 11.3 Å². The first-order valence-electron chi connectivity index (χ1n) is 6.81. The molecule has 2 nitrogen and oxygen atoms in total. The van der Waals surface area contributed by atoms with Crippen LogP contribution in [0.4, 0.5) is 0 Å². The van der Waals surface area contributed by atoms with Crippen LogP contribution >= 0.6 is 11.3 Å². The van der Waals surface area contributed by atoms with Crippen LogP contribution in [0.2, 0.25) is 0 Å². The Hall–Kier alpha value is -0.410. The summed E-state index contributed by atoms with van der Waals surface area (Å²) >= 11 is 1.67. The largest absolute Gasteiger partial charge is 0.389 e. The quantitative estimate of drug-likeness (QED) is 0.872. The standard InChI is InChI=1S/C14H21NOS/c16-14(11-12-15-9-10-17-12)7-5-13(6-8-14)3-1-2-4-13/h9-10,16H,1-8,11H2. The fourth-order valence-corrected chi connectivity index (χ4v) is 4.42. The fraction of sp³-hybridized carbons (Fsp3) is 0.786. The molecule has 0 atom stereocenters. The second-order valence-corrected chi connectivity index (χ2v) is 7.01. The maximum atomic E-state index is 10.7. The van der Waals surface area contributed by atoms with E-state index in [1.807, 2.05) is 11.6 Å². The molecule has 0 bridgehead atoms. The molecule has 0 radical (unpaired) electrons. The molecule has 1 heterocycles. The molecule has 0 unspecified atom stereocenters. The minimum absolute atomic E-state index is 0.467. The van der Waals surface area contributed by atoms with E-state index in [0.29, 0.717) is 5.41 Å². The summed E-state index contributed by atoms with van der Waals surface area (Å²) in [5, 5.41) is 13.7. The van der Waals surface area contributed by atoms with Crippen LogP contribution in [0, 0.1) is 5.41 Å². The molecule has 1 aromatic heterocycles. The van der Waals surface area contributed by atoms with Gasteiger partial charge in [-0.1, -0.05) is 12.8 Å². The molecule has 2 aliphatic rings. The Bertz CT molecular complexity index is 358. The molecule has 3 rings (SSSR count). The molecule has 94 valence electrons. The predicted molar refractivity (Wildman–Crippen MR) is 70.1 cm³/mol. The van der Waals surface area contributed by atoms with E-state index in [1.165, 1.54) is 38.5 Å². The highest BCUT2D eigenvalue weighted by molar-refractivity contribution is 7.09. The van der Waals surface area contributed by atoms with Crippen molar-refractivity contribution in [3.05, 3.63) is 16.6 Å². The Morgan fingerprint density at radius 2 is 1.82 bits per heavy atom. The van der Waals surface area contributed by atoms with Crippen LogP contribution in [0.15, 0.2) is 11.6 Å². The van der Waals surface area contributed by atoms with Gasteiger partial charge in [0.2, 0.25) is 0 Å². The third kappa shape index (κ3) is 2.41. The van der Waals surface area contributed by atoms with Crippen molar-refractivity contribution < 1.29 is 5.11 Å². The summed E-state index contributed by atoms with van der Waals surface area (Å²) in [7, 11) is 0. The molecule has 1 N–H and O–H groups in total. The van der Waals surface area contributed by atoms with Gasteiger partial charge in [0.15, 0.2) is 0 Å². The van der Waals surface area contributed by atoms with E-state index in [1.54, 1.807) is 11.3 Å². The number of thiazole rings is 1. The van der Waals surface area contributed by atoms with Crippen LogP contribution in [0.5, 0.6) is 0 Å². The summed E-state index contributed by atoms with van der Waals surface area (Å²) in [4.78, 5) is 4.30. The zero-order chi connectivity index (χ0) is 11.8. The molecule has 1 aromatic rings. The van der Waals surface area contributed by atoms with E-state index in [0.717, 1.165) is 24.3 Å². The third-order valence-electron chi connectivity index (χ3n) is 4.87. The van der Waals surface area contributed by atoms with Crippen LogP contribution in [0.25, 0.3) is 0 Å². The van der Waals surface area contributed by atoms with E-state index in [9.17, 15) is 5.11 Å². The van der Waals surface area contributed by atoms with Gasteiger partial charge in [-0.2, -0.15) is 0 Å². The number of aromatic nitrogens is 1. The van der Waals surface area contributed by atoms with Crippen molar-refractivity contribution in [1.29, 1.82) is 0 Å². The minimum Gasteiger partial charge on any atom is -0.389 e. The van der Waals surface area contributed by atoms with Crippen molar-refractivity contribution >= 4 is 11.3 Å². The molecule has 0 aliphatic heterocycles. The van der Waals surface area contributed by atoms with Crippen molar-refractivity contribution in [2.24, 2.45) is 5.41 Å². The Kier molecular flexibility index (Phi) is 2.99. The summed E-state index contributed by atoms with van der Waals surface area (Å²) < 4.78 is 0. The Balaban J connectivity index is 1.63. The maximum Gasteiger partial charge on any atom is 0.0953 e. The minimum atomic E-state index is -0.467. The molecular weight excluding hydrogens is 230 g/mol. The molecule has 1 spiro atoms. The molecule has 17 heavy (non-hydrogen) atoms. The van der Waals surface area contributed by atoms with E-state index in [-0.39, 0.29) is 0 Å². The lowest BCUT2D eigenvalue weighted by molar-refractivity contribution is -0.0322. The zero-order valence-electron chi connectivity index (χ0n) is 10.3. The van der Waals surface area contributed by atoms with Crippen molar-refractivity contribution in [3.63, 3.8) is 0 Å². The average molecular weight is 251 g/mol. The van der Waals surface area contributed by atoms with Gasteiger partial charge in [-0.3, -0.25) is 0 Å². The first kappa shape index (κ1) is 11.7. The Labute approximate surface area is 107 Å². The lowest BCUT2D eigenvalue weighted by Crippen LogP contribution is -2.39. The molecule has 3 heteroatoms. The van der Waals surface area contributed by atoms with Crippen molar-refractivity contribution in [3.8, 4) is 0 Å². The summed E-state index contributed by atoms with van der Waals surface area (Å²) in [6.07, 6.45) is 12.6. The predicted octanol–water partition coefficient (Wildman–Crippen LogP) is 3.55. The lowest BCUT2D eigenvalue weighted by Gasteiger charge is -2.42. The molecule has 2 aliphatic carbocycles. The van der Waals surface area contributed by atoms with Crippen LogP contribution in [0.3, 0.4) is 0 Å². The van der Waals surface area contributed by atoms with Gasteiger partial charge in [-0.25, -0.2) is 4.98 Å². The Morgan fingerprint density at radius 1 is 1.12 bits per heavy atom. The van der Waals surface area contributed by atoms with Crippen molar-refractivity contribution in [2.75, 3.05) is 0 Å². The van der Waals surface area contributed by atoms with Gasteiger partial charge in [0.05, 0.1) is 10.6 Å². The lowest BCUT2D eigenvalue weighted by atomic mass is 9.67. The molecule has 0 amide bonds. The number of hydrogen-bond donors (Lipinski definition) is 1. The highest BCUT2D eigenvalue weighted by Gasteiger charge is 2.43. The average Bonchev–Trinajstić information content (AvgIpc) is 2.96. The number of hydrogen-bond acceptors (Lipinski definition) is 3. The van der Waals surface area contributed by atoms with Gasteiger partial charge in [0.1, 0.15) is 0 Å². The van der Waals surface area contributed by atoms with Crippen molar-refractivity contribution in [2.45, 2.75) is 63.4 Å². The molecule has 0 aromatic carbocycles. The summed E-state index contributed by atoms with van der Waals surface area (Å²) in [6.45, 7) is 0. The van der Waals surface area contributed by atoms with Gasteiger partial charge >= 0.3 is 0 Å². The molecular formula is C14H21NOS. The SMILES string of the molecule is OC1(Cc2nccs2)CCC2(CCCC2)CC1. The molecule has 2 fully saturated rings. The third-order valence-corrected chi connectivity index (χ3v) is 5.65.